The van der Waals surface area contributed by atoms with Gasteiger partial charge in [-0.05, 0) is 6.26 Å². The molecule has 0 amide bonds. The second-order valence-corrected chi connectivity index (χ2v) is 5.70. The number of imidazole rings is 1. The number of nitrogens with two attached hydrogens (primary N) is 2. The quantitative estimate of drug-likeness (QED) is 0.559. The van der Waals surface area contributed by atoms with Crippen molar-refractivity contribution in [2.24, 2.45) is 0 Å². The molecule has 10 heteroatoms. The number of fused-ring (bicyclic) bond motifs is 1. The number of nitrogen functional groups attached to an aromatic ring is 2. The van der Waals surface area contributed by atoms with Crippen LogP contribution in [0.3, 0.4) is 0 Å². The van der Waals surface area contributed by atoms with Crippen molar-refractivity contribution in [2.45, 2.75) is 24.5 Å². The average Bonchev–Trinajstić information content (AvgIpc) is 2.96. The molecule has 0 spiro atoms. The molecule has 0 bridgehead atoms. The molecular weight excluding hydrogens is 296 g/mol. The van der Waals surface area contributed by atoms with Crippen LogP contribution in [0.15, 0.2) is 6.33 Å². The molecule has 2 aromatic heterocycles. The van der Waals surface area contributed by atoms with Gasteiger partial charge in [-0.3, -0.25) is 4.57 Å². The summed E-state index contributed by atoms with van der Waals surface area (Å²) in [4.78, 5) is 12.0. The van der Waals surface area contributed by atoms with Gasteiger partial charge >= 0.3 is 0 Å². The zero-order chi connectivity index (χ0) is 15.1. The summed E-state index contributed by atoms with van der Waals surface area (Å²) >= 11 is 1.53. The van der Waals surface area contributed by atoms with Crippen molar-refractivity contribution < 1.29 is 14.9 Å². The van der Waals surface area contributed by atoms with Crippen LogP contribution in [-0.2, 0) is 4.74 Å². The van der Waals surface area contributed by atoms with E-state index >= 15 is 0 Å². The Morgan fingerprint density at radius 2 is 2.10 bits per heavy atom. The number of anilines is 2. The van der Waals surface area contributed by atoms with Crippen molar-refractivity contribution >= 4 is 34.7 Å². The van der Waals surface area contributed by atoms with Crippen LogP contribution in [0.2, 0.25) is 0 Å². The van der Waals surface area contributed by atoms with Crippen molar-refractivity contribution in [3.05, 3.63) is 6.33 Å². The zero-order valence-electron chi connectivity index (χ0n) is 11.2. The fourth-order valence-corrected chi connectivity index (χ4v) is 3.01. The van der Waals surface area contributed by atoms with Gasteiger partial charge in [-0.25, -0.2) is 4.98 Å². The van der Waals surface area contributed by atoms with Crippen LogP contribution < -0.4 is 11.5 Å². The monoisotopic (exact) mass is 312 g/mol. The number of nitrogens with zero attached hydrogens (tertiary/aromatic N) is 4. The Morgan fingerprint density at radius 3 is 2.81 bits per heavy atom. The number of aliphatic hydroxyl groups is 2. The summed E-state index contributed by atoms with van der Waals surface area (Å²) in [6.07, 6.45) is 0.0204. The highest BCUT2D eigenvalue weighted by atomic mass is 32.2. The van der Waals surface area contributed by atoms with E-state index in [2.05, 4.69) is 15.0 Å². The maximum absolute atomic E-state index is 10.2. The van der Waals surface area contributed by atoms with Gasteiger partial charge in [-0.1, -0.05) is 0 Å². The van der Waals surface area contributed by atoms with Gasteiger partial charge in [0.25, 0.3) is 0 Å². The van der Waals surface area contributed by atoms with Gasteiger partial charge in [0.05, 0.1) is 12.4 Å². The number of thioether (sulfide) groups is 1. The van der Waals surface area contributed by atoms with Crippen LogP contribution >= 0.6 is 11.8 Å². The van der Waals surface area contributed by atoms with E-state index in [0.29, 0.717) is 16.9 Å². The van der Waals surface area contributed by atoms with Crippen molar-refractivity contribution in [1.29, 1.82) is 0 Å². The molecule has 3 heterocycles. The van der Waals surface area contributed by atoms with E-state index in [9.17, 15) is 10.2 Å². The fourth-order valence-electron chi connectivity index (χ4n) is 2.40. The summed E-state index contributed by atoms with van der Waals surface area (Å²) in [6, 6.07) is 0. The van der Waals surface area contributed by atoms with Gasteiger partial charge in [0.1, 0.15) is 17.7 Å². The molecule has 114 valence electrons. The summed E-state index contributed by atoms with van der Waals surface area (Å²) in [5.41, 5.74) is 12.1. The number of ether oxygens (including phenoxy) is 1. The molecule has 2 aromatic rings. The molecule has 4 atom stereocenters. The van der Waals surface area contributed by atoms with Gasteiger partial charge in [-0.15, -0.1) is 0 Å². The fraction of sp³-hybridized carbons (Fsp3) is 0.545. The van der Waals surface area contributed by atoms with E-state index in [4.69, 9.17) is 16.2 Å². The standard InChI is InChI=1S/C11H16N6O3S/c1-21-2-4-6(18)7(19)10(20-4)17-3-14-5-8(12)15-11(13)16-9(5)17/h3-4,6-7,10,18-19H,2H2,1H3,(H4,12,13,15,16). The van der Waals surface area contributed by atoms with E-state index in [1.54, 1.807) is 0 Å². The van der Waals surface area contributed by atoms with E-state index < -0.39 is 24.5 Å². The first-order valence-corrected chi connectivity index (χ1v) is 7.68. The minimum atomic E-state index is -1.09. The number of aliphatic hydroxyl groups excluding tert-OH is 2. The maximum atomic E-state index is 10.2. The highest BCUT2D eigenvalue weighted by molar-refractivity contribution is 7.98. The van der Waals surface area contributed by atoms with Gasteiger partial charge in [0.2, 0.25) is 5.95 Å². The zero-order valence-corrected chi connectivity index (χ0v) is 12.1. The van der Waals surface area contributed by atoms with Gasteiger partial charge in [0, 0.05) is 5.75 Å². The van der Waals surface area contributed by atoms with Crippen LogP contribution in [0, 0.1) is 0 Å². The van der Waals surface area contributed by atoms with E-state index in [1.807, 2.05) is 6.26 Å². The lowest BCUT2D eigenvalue weighted by Gasteiger charge is -2.16. The van der Waals surface area contributed by atoms with Crippen molar-refractivity contribution in [3.8, 4) is 0 Å². The van der Waals surface area contributed by atoms with Crippen LogP contribution in [0.4, 0.5) is 11.8 Å². The SMILES string of the molecule is CSCC1OC(n2cnc3c(N)nc(N)nc32)C(O)C1O. The molecule has 0 saturated carbocycles. The van der Waals surface area contributed by atoms with Crippen molar-refractivity contribution in [1.82, 2.24) is 19.5 Å². The molecule has 1 saturated heterocycles. The maximum Gasteiger partial charge on any atom is 0.224 e. The molecule has 9 nitrogen and oxygen atoms in total. The minimum absolute atomic E-state index is 0.00967. The summed E-state index contributed by atoms with van der Waals surface area (Å²) in [6.45, 7) is 0. The molecule has 4 unspecified atom stereocenters. The molecule has 0 aliphatic carbocycles. The van der Waals surface area contributed by atoms with Crippen LogP contribution in [0.1, 0.15) is 6.23 Å². The lowest BCUT2D eigenvalue weighted by atomic mass is 10.1. The number of hydrogen-bond donors (Lipinski definition) is 4. The van der Waals surface area contributed by atoms with Crippen molar-refractivity contribution in [3.63, 3.8) is 0 Å². The third-order valence-corrected chi connectivity index (χ3v) is 4.07. The summed E-state index contributed by atoms with van der Waals surface area (Å²) < 4.78 is 7.23. The Bertz CT molecular complexity index is 665. The topological polar surface area (TPSA) is 145 Å². The number of hydrogen-bond acceptors (Lipinski definition) is 9. The molecule has 1 aliphatic rings. The molecule has 1 aliphatic heterocycles. The number of rotatable bonds is 3. The highest BCUT2D eigenvalue weighted by Gasteiger charge is 2.44. The largest absolute Gasteiger partial charge is 0.387 e. The second-order valence-electron chi connectivity index (χ2n) is 4.79. The van der Waals surface area contributed by atoms with Crippen LogP contribution in [0.25, 0.3) is 11.2 Å². The molecule has 0 radical (unpaired) electrons. The predicted molar refractivity (Wildman–Crippen MR) is 78.5 cm³/mol. The lowest BCUT2D eigenvalue weighted by Crippen LogP contribution is -2.32. The summed E-state index contributed by atoms with van der Waals surface area (Å²) in [5, 5.41) is 20.2. The Balaban J connectivity index is 2.01. The first-order valence-electron chi connectivity index (χ1n) is 6.29. The predicted octanol–water partition coefficient (Wildman–Crippen LogP) is -1.03. The van der Waals surface area contributed by atoms with E-state index in [-0.39, 0.29) is 11.8 Å². The van der Waals surface area contributed by atoms with Gasteiger partial charge < -0.3 is 26.4 Å². The van der Waals surface area contributed by atoms with Crippen molar-refractivity contribution in [2.75, 3.05) is 23.5 Å². The van der Waals surface area contributed by atoms with Crippen LogP contribution in [0.5, 0.6) is 0 Å². The van der Waals surface area contributed by atoms with Gasteiger partial charge in [-0.2, -0.15) is 21.7 Å². The Labute approximate surface area is 124 Å². The Hall–Kier alpha value is -1.62. The lowest BCUT2D eigenvalue weighted by molar-refractivity contribution is -0.0288. The average molecular weight is 312 g/mol. The summed E-state index contributed by atoms with van der Waals surface area (Å²) in [7, 11) is 0. The molecule has 6 N–H and O–H groups in total. The highest BCUT2D eigenvalue weighted by Crippen LogP contribution is 2.33. The van der Waals surface area contributed by atoms with E-state index in [0.717, 1.165) is 0 Å². The Kier molecular flexibility index (Phi) is 3.61. The minimum Gasteiger partial charge on any atom is -0.387 e. The molecule has 3 rings (SSSR count). The smallest absolute Gasteiger partial charge is 0.224 e. The first-order chi connectivity index (χ1) is 10.0. The molecular formula is C11H16N6O3S. The molecule has 0 aromatic carbocycles. The molecule has 1 fully saturated rings. The van der Waals surface area contributed by atoms with Crippen LogP contribution in [-0.4, -0.2) is 60.1 Å². The third kappa shape index (κ3) is 2.29. The van der Waals surface area contributed by atoms with E-state index in [1.165, 1.54) is 22.7 Å². The number of aromatic nitrogens is 4. The first kappa shape index (κ1) is 14.3. The molecule has 21 heavy (non-hydrogen) atoms. The Morgan fingerprint density at radius 1 is 1.33 bits per heavy atom. The summed E-state index contributed by atoms with van der Waals surface area (Å²) in [5.74, 6) is 0.737. The third-order valence-electron chi connectivity index (χ3n) is 3.41. The second kappa shape index (κ2) is 5.30. The van der Waals surface area contributed by atoms with Gasteiger partial charge in [0.15, 0.2) is 17.7 Å². The normalized spacial score (nSPS) is 29.3.